The fourth-order valence-electron chi connectivity index (χ4n) is 2.90. The van der Waals surface area contributed by atoms with Crippen molar-refractivity contribution in [2.75, 3.05) is 6.61 Å². The highest BCUT2D eigenvalue weighted by atomic mass is 16.4. The number of hydrogen-bond acceptors (Lipinski definition) is 5. The Morgan fingerprint density at radius 3 is 1.48 bits per heavy atom. The second-order valence-corrected chi connectivity index (χ2v) is 8.01. The summed E-state index contributed by atoms with van der Waals surface area (Å²) in [5.41, 5.74) is -1.97. The van der Waals surface area contributed by atoms with Crippen LogP contribution in [0.3, 0.4) is 0 Å². The van der Waals surface area contributed by atoms with Crippen molar-refractivity contribution >= 4 is 11.9 Å². The van der Waals surface area contributed by atoms with Crippen LogP contribution in [0.5, 0.6) is 0 Å². The molecule has 0 aromatic rings. The van der Waals surface area contributed by atoms with Crippen LogP contribution in [0, 0.1) is 0 Å². The van der Waals surface area contributed by atoms with Gasteiger partial charge in [0.1, 0.15) is 0 Å². The van der Waals surface area contributed by atoms with Gasteiger partial charge in [-0.2, -0.15) is 0 Å². The Labute approximate surface area is 176 Å². The van der Waals surface area contributed by atoms with Gasteiger partial charge in [-0.15, -0.1) is 0 Å². The molecule has 0 saturated carbocycles. The van der Waals surface area contributed by atoms with Gasteiger partial charge in [0, 0.05) is 12.8 Å². The maximum Gasteiger partial charge on any atom is 0.335 e. The number of hydrogen-bond donors (Lipinski definition) is 5. The summed E-state index contributed by atoms with van der Waals surface area (Å²) < 4.78 is 0. The molecule has 0 rings (SSSR count). The van der Waals surface area contributed by atoms with Gasteiger partial charge >= 0.3 is 11.9 Å². The third-order valence-corrected chi connectivity index (χ3v) is 4.80. The summed E-state index contributed by atoms with van der Waals surface area (Å²) in [4.78, 5) is 20.5. The summed E-state index contributed by atoms with van der Waals surface area (Å²) >= 11 is 0. The van der Waals surface area contributed by atoms with E-state index < -0.39 is 30.3 Å². The fourth-order valence-corrected chi connectivity index (χ4v) is 2.90. The predicted molar refractivity (Wildman–Crippen MR) is 114 cm³/mol. The summed E-state index contributed by atoms with van der Waals surface area (Å²) in [5.74, 6) is -2.07. The average molecular weight is 421 g/mol. The fraction of sp³-hybridized carbons (Fsp3) is 0.909. The van der Waals surface area contributed by atoms with Crippen LogP contribution in [-0.4, -0.2) is 55.8 Å². The van der Waals surface area contributed by atoms with Crippen molar-refractivity contribution in [3.05, 3.63) is 0 Å². The largest absolute Gasteiger partial charge is 0.481 e. The summed E-state index contributed by atoms with van der Waals surface area (Å²) in [7, 11) is 0. The second-order valence-electron chi connectivity index (χ2n) is 8.01. The molecule has 5 N–H and O–H groups in total. The van der Waals surface area contributed by atoms with E-state index in [1.807, 2.05) is 0 Å². The van der Waals surface area contributed by atoms with Crippen molar-refractivity contribution in [2.24, 2.45) is 0 Å². The molecule has 0 aromatic heterocycles. The minimum absolute atomic E-state index is 0.345. The van der Waals surface area contributed by atoms with Crippen LogP contribution in [0.2, 0.25) is 0 Å². The van der Waals surface area contributed by atoms with Crippen molar-refractivity contribution < 1.29 is 35.1 Å². The number of unbranched alkanes of at least 4 members (excludes halogenated alkanes) is 12. The number of carbonyl (C=O) groups is 2. The van der Waals surface area contributed by atoms with Gasteiger partial charge in [0.2, 0.25) is 0 Å². The third kappa shape index (κ3) is 23.0. The Bertz CT molecular complexity index is 397. The molecule has 2 unspecified atom stereocenters. The molecule has 0 aromatic carbocycles. The first-order chi connectivity index (χ1) is 13.7. The first kappa shape index (κ1) is 30.0. The monoisotopic (exact) mass is 420 g/mol. The number of carboxylic acids is 2. The van der Waals surface area contributed by atoms with Crippen molar-refractivity contribution in [1.82, 2.24) is 0 Å². The van der Waals surface area contributed by atoms with Crippen LogP contribution < -0.4 is 0 Å². The first-order valence-corrected chi connectivity index (χ1v) is 11.1. The Kier molecular flexibility index (Phi) is 20.8. The molecule has 0 fully saturated rings. The van der Waals surface area contributed by atoms with Crippen LogP contribution in [0.15, 0.2) is 0 Å². The second kappa shape index (κ2) is 20.1. The lowest BCUT2D eigenvalue weighted by atomic mass is 9.99. The van der Waals surface area contributed by atoms with Gasteiger partial charge in [-0.05, 0) is 13.3 Å². The average Bonchev–Trinajstić information content (AvgIpc) is 2.65. The maximum absolute atomic E-state index is 10.3. The zero-order chi connectivity index (χ0) is 22.5. The molecular weight excluding hydrogens is 376 g/mol. The Morgan fingerprint density at radius 2 is 1.17 bits per heavy atom. The highest BCUT2D eigenvalue weighted by Gasteiger charge is 2.32. The van der Waals surface area contributed by atoms with E-state index in [1.165, 1.54) is 70.6 Å². The quantitative estimate of drug-likeness (QED) is 0.210. The number of aliphatic hydroxyl groups excluding tert-OH is 2. The molecule has 0 amide bonds. The van der Waals surface area contributed by atoms with E-state index in [4.69, 9.17) is 25.5 Å². The van der Waals surface area contributed by atoms with E-state index >= 15 is 0 Å². The molecule has 0 aliphatic heterocycles. The Morgan fingerprint density at radius 1 is 0.793 bits per heavy atom. The van der Waals surface area contributed by atoms with Crippen molar-refractivity contribution in [1.29, 1.82) is 0 Å². The van der Waals surface area contributed by atoms with Crippen molar-refractivity contribution in [3.8, 4) is 0 Å². The molecule has 0 radical (unpaired) electrons. The minimum atomic E-state index is -1.97. The predicted octanol–water partition coefficient (Wildman–Crippen LogP) is 4.12. The van der Waals surface area contributed by atoms with Gasteiger partial charge in [0.05, 0.1) is 12.7 Å². The van der Waals surface area contributed by atoms with Gasteiger partial charge in [-0.1, -0.05) is 84.0 Å². The zero-order valence-corrected chi connectivity index (χ0v) is 18.4. The molecule has 2 atom stereocenters. The van der Waals surface area contributed by atoms with Crippen molar-refractivity contribution in [2.45, 2.75) is 122 Å². The molecule has 174 valence electrons. The molecule has 0 bridgehead atoms. The van der Waals surface area contributed by atoms with Crippen LogP contribution in [0.25, 0.3) is 0 Å². The zero-order valence-electron chi connectivity index (χ0n) is 18.4. The third-order valence-electron chi connectivity index (χ3n) is 4.80. The summed E-state index contributed by atoms with van der Waals surface area (Å²) in [6, 6.07) is 0. The number of carboxylic acid groups (broad SMARTS) is 2. The molecule has 29 heavy (non-hydrogen) atoms. The normalized spacial score (nSPS) is 13.8. The van der Waals surface area contributed by atoms with E-state index in [0.717, 1.165) is 19.8 Å². The smallest absolute Gasteiger partial charge is 0.335 e. The lowest BCUT2D eigenvalue weighted by Gasteiger charge is -2.19. The van der Waals surface area contributed by atoms with E-state index in [0.29, 0.717) is 6.42 Å². The Balaban J connectivity index is 0. The first-order valence-electron chi connectivity index (χ1n) is 11.1. The lowest BCUT2D eigenvalue weighted by molar-refractivity contribution is -0.160. The van der Waals surface area contributed by atoms with Gasteiger partial charge in [0.15, 0.2) is 5.60 Å². The van der Waals surface area contributed by atoms with Gasteiger partial charge in [0.25, 0.3) is 0 Å². The number of aliphatic carboxylic acids is 2. The van der Waals surface area contributed by atoms with Crippen LogP contribution in [-0.2, 0) is 9.59 Å². The molecule has 0 heterocycles. The number of aliphatic hydroxyl groups is 3. The van der Waals surface area contributed by atoms with E-state index in [9.17, 15) is 9.59 Å². The standard InChI is InChI=1S/C16H32O2.C6H12O5/c1-2-3-4-5-6-7-8-9-10-11-12-13-14-15-16(17)18;1-6(11,5(9)10)2-4(8)3-7/h2-15H2,1H3,(H,17,18);4,7-8,11H,2-3H2,1H3,(H,9,10). The highest BCUT2D eigenvalue weighted by molar-refractivity contribution is 5.76. The minimum Gasteiger partial charge on any atom is -0.481 e. The van der Waals surface area contributed by atoms with E-state index in [2.05, 4.69) is 6.92 Å². The molecule has 0 spiro atoms. The van der Waals surface area contributed by atoms with Crippen LogP contribution >= 0.6 is 0 Å². The van der Waals surface area contributed by atoms with Gasteiger partial charge < -0.3 is 25.5 Å². The van der Waals surface area contributed by atoms with Gasteiger partial charge in [-0.25, -0.2) is 4.79 Å². The molecule has 7 heteroatoms. The molecule has 0 aliphatic rings. The Hall–Kier alpha value is -1.18. The lowest BCUT2D eigenvalue weighted by Crippen LogP contribution is -2.39. The van der Waals surface area contributed by atoms with Crippen LogP contribution in [0.4, 0.5) is 0 Å². The SMILES string of the molecule is CC(O)(CC(O)CO)C(=O)O.CCCCCCCCCCCCCCCC(=O)O. The molecular formula is C22H44O7. The molecule has 0 saturated heterocycles. The topological polar surface area (TPSA) is 135 Å². The molecule has 0 aliphatic carbocycles. The summed E-state index contributed by atoms with van der Waals surface area (Å²) in [6.07, 6.45) is 15.7. The van der Waals surface area contributed by atoms with Gasteiger partial charge in [-0.3, -0.25) is 4.79 Å². The highest BCUT2D eigenvalue weighted by Crippen LogP contribution is 2.13. The van der Waals surface area contributed by atoms with E-state index in [1.54, 1.807) is 0 Å². The summed E-state index contributed by atoms with van der Waals surface area (Å²) in [5, 5.41) is 43.0. The maximum atomic E-state index is 10.3. The van der Waals surface area contributed by atoms with Crippen LogP contribution in [0.1, 0.15) is 110 Å². The van der Waals surface area contributed by atoms with Crippen molar-refractivity contribution in [3.63, 3.8) is 0 Å². The summed E-state index contributed by atoms with van der Waals surface area (Å²) in [6.45, 7) is 2.77. The molecule has 7 nitrogen and oxygen atoms in total. The van der Waals surface area contributed by atoms with E-state index in [-0.39, 0.29) is 6.42 Å². The number of rotatable bonds is 18.